The van der Waals surface area contributed by atoms with E-state index in [1.165, 1.54) is 0 Å². The summed E-state index contributed by atoms with van der Waals surface area (Å²) in [6.45, 7) is 2.04. The summed E-state index contributed by atoms with van der Waals surface area (Å²) >= 11 is 0. The molecule has 0 spiro atoms. The van der Waals surface area contributed by atoms with Gasteiger partial charge in [0.2, 0.25) is 0 Å². The maximum atomic E-state index is 12.0. The average molecular weight is 335 g/mol. The number of ether oxygens (including phenoxy) is 1. The van der Waals surface area contributed by atoms with Gasteiger partial charge in [-0.05, 0) is 43.3 Å². The van der Waals surface area contributed by atoms with E-state index in [1.807, 2.05) is 0 Å². The molecule has 0 saturated carbocycles. The molecule has 2 rings (SSSR count). The Kier molecular flexibility index (Phi) is 5.79. The molecular weight excluding hydrogens is 317 g/mol. The Balaban J connectivity index is 1.92. The van der Waals surface area contributed by atoms with Gasteiger partial charge in [0.25, 0.3) is 0 Å². The first-order valence-electron chi connectivity index (χ1n) is 7.08. The van der Waals surface area contributed by atoms with Crippen LogP contribution in [-0.4, -0.2) is 23.8 Å². The lowest BCUT2D eigenvalue weighted by Crippen LogP contribution is -2.07. The molecule has 0 aliphatic carbocycles. The van der Waals surface area contributed by atoms with Crippen molar-refractivity contribution in [2.45, 2.75) is 6.92 Å². The Bertz CT molecular complexity index is 687. The normalized spacial score (nSPS) is 13.0. The number of para-hydroxylation sites is 1. The van der Waals surface area contributed by atoms with Gasteiger partial charge in [-0.15, -0.1) is 0 Å². The van der Waals surface area contributed by atoms with E-state index in [1.54, 1.807) is 61.5 Å². The van der Waals surface area contributed by atoms with E-state index < -0.39 is 13.6 Å². The zero-order valence-electron chi connectivity index (χ0n) is 12.6. The predicted octanol–water partition coefficient (Wildman–Crippen LogP) is 3.50. The second kappa shape index (κ2) is 7.81. The summed E-state index contributed by atoms with van der Waals surface area (Å²) < 4.78 is 22.0. The maximum absolute atomic E-state index is 12.0. The monoisotopic (exact) mass is 335 g/mol. The Hall–Kier alpha value is -2.30. The van der Waals surface area contributed by atoms with E-state index in [4.69, 9.17) is 9.26 Å². The van der Waals surface area contributed by atoms with Crippen molar-refractivity contribution in [1.82, 2.24) is 0 Å². The molecule has 7 heteroatoms. The molecular formula is C16H18NO5P. The molecule has 0 aliphatic heterocycles. The molecule has 0 radical (unpaired) electrons. The van der Waals surface area contributed by atoms with Gasteiger partial charge in [0.1, 0.15) is 12.0 Å². The highest BCUT2D eigenvalue weighted by Gasteiger charge is 2.20. The Morgan fingerprint density at radius 1 is 1.13 bits per heavy atom. The van der Waals surface area contributed by atoms with Crippen LogP contribution in [0.3, 0.4) is 0 Å². The third-order valence-electron chi connectivity index (χ3n) is 2.87. The molecule has 23 heavy (non-hydrogen) atoms. The van der Waals surface area contributed by atoms with Gasteiger partial charge in [0.05, 0.1) is 12.2 Å². The van der Waals surface area contributed by atoms with Gasteiger partial charge in [-0.2, -0.15) is 0 Å². The third-order valence-corrected chi connectivity index (χ3v) is 3.92. The molecule has 0 heterocycles. The molecule has 0 aromatic heterocycles. The van der Waals surface area contributed by atoms with Crippen LogP contribution in [0, 0.1) is 0 Å². The van der Waals surface area contributed by atoms with E-state index in [0.29, 0.717) is 23.6 Å². The minimum Gasteiger partial charge on any atom is -0.462 e. The van der Waals surface area contributed by atoms with Crippen molar-refractivity contribution in [3.05, 3.63) is 60.2 Å². The first kappa shape index (κ1) is 17.1. The molecule has 2 N–H and O–H groups in total. The molecule has 122 valence electrons. The van der Waals surface area contributed by atoms with Crippen molar-refractivity contribution < 1.29 is 23.5 Å². The number of esters is 1. The van der Waals surface area contributed by atoms with Crippen molar-refractivity contribution in [2.24, 2.45) is 0 Å². The van der Waals surface area contributed by atoms with Gasteiger partial charge >= 0.3 is 13.6 Å². The lowest BCUT2D eigenvalue weighted by molar-refractivity contribution is 0.0526. The van der Waals surface area contributed by atoms with Crippen LogP contribution in [0.15, 0.2) is 54.6 Å². The highest BCUT2D eigenvalue weighted by molar-refractivity contribution is 7.53. The van der Waals surface area contributed by atoms with Crippen molar-refractivity contribution >= 4 is 19.3 Å². The van der Waals surface area contributed by atoms with E-state index in [0.717, 1.165) is 0 Å². The van der Waals surface area contributed by atoms with Crippen LogP contribution in [0.2, 0.25) is 0 Å². The fraction of sp³-hybridized carbons (Fsp3) is 0.188. The van der Waals surface area contributed by atoms with Crippen molar-refractivity contribution in [3.63, 3.8) is 0 Å². The molecule has 1 unspecified atom stereocenters. The maximum Gasteiger partial charge on any atom is 0.395 e. The van der Waals surface area contributed by atoms with Crippen molar-refractivity contribution in [1.29, 1.82) is 0 Å². The molecule has 0 saturated heterocycles. The summed E-state index contributed by atoms with van der Waals surface area (Å²) in [5.41, 5.74) is 1.02. The van der Waals surface area contributed by atoms with Crippen LogP contribution in [0.5, 0.6) is 5.75 Å². The fourth-order valence-corrected chi connectivity index (χ4v) is 2.71. The van der Waals surface area contributed by atoms with E-state index in [-0.39, 0.29) is 6.29 Å². The van der Waals surface area contributed by atoms with E-state index >= 15 is 0 Å². The lowest BCUT2D eigenvalue weighted by Gasteiger charge is -2.14. The highest BCUT2D eigenvalue weighted by Crippen LogP contribution is 2.42. The first-order chi connectivity index (χ1) is 11.0. The quantitative estimate of drug-likeness (QED) is 0.595. The summed E-state index contributed by atoms with van der Waals surface area (Å²) in [5.74, 6) is -0.0721. The highest BCUT2D eigenvalue weighted by atomic mass is 31.2. The van der Waals surface area contributed by atoms with E-state index in [2.05, 4.69) is 5.32 Å². The van der Waals surface area contributed by atoms with E-state index in [9.17, 15) is 14.3 Å². The van der Waals surface area contributed by atoms with Gasteiger partial charge in [-0.1, -0.05) is 18.2 Å². The smallest absolute Gasteiger partial charge is 0.395 e. The van der Waals surface area contributed by atoms with Gasteiger partial charge in [-0.25, -0.2) is 9.36 Å². The zero-order chi connectivity index (χ0) is 16.7. The average Bonchev–Trinajstić information content (AvgIpc) is 2.54. The summed E-state index contributed by atoms with van der Waals surface area (Å²) in [6.07, 6.45) is -0.249. The van der Waals surface area contributed by atoms with Crippen molar-refractivity contribution in [2.75, 3.05) is 18.2 Å². The second-order valence-corrected chi connectivity index (χ2v) is 6.45. The minimum absolute atomic E-state index is 0.249. The Morgan fingerprint density at radius 3 is 2.39 bits per heavy atom. The van der Waals surface area contributed by atoms with Crippen LogP contribution in [0.4, 0.5) is 5.69 Å². The number of hydrogen-bond donors (Lipinski definition) is 2. The number of nitrogens with one attached hydrogen (secondary N) is 1. The van der Waals surface area contributed by atoms with Gasteiger partial charge in [-0.3, -0.25) is 0 Å². The lowest BCUT2D eigenvalue weighted by atomic mass is 10.2. The van der Waals surface area contributed by atoms with Crippen LogP contribution >= 0.6 is 7.60 Å². The third kappa shape index (κ3) is 5.43. The van der Waals surface area contributed by atoms with Gasteiger partial charge < -0.3 is 19.5 Å². The van der Waals surface area contributed by atoms with Crippen LogP contribution in [0.25, 0.3) is 0 Å². The number of carbonyl (C=O) groups excluding carboxylic acids is 1. The summed E-state index contributed by atoms with van der Waals surface area (Å²) in [7, 11) is -3.82. The minimum atomic E-state index is -3.82. The zero-order valence-corrected chi connectivity index (χ0v) is 13.5. The molecule has 0 aliphatic rings. The van der Waals surface area contributed by atoms with Gasteiger partial charge in [0.15, 0.2) is 0 Å². The van der Waals surface area contributed by atoms with Crippen LogP contribution in [-0.2, 0) is 9.30 Å². The van der Waals surface area contributed by atoms with Gasteiger partial charge in [0, 0.05) is 5.69 Å². The SMILES string of the molecule is CCOC(=O)c1ccc(NCP(=O)(O)Oc2ccccc2)cc1. The molecule has 2 aromatic carbocycles. The fourth-order valence-electron chi connectivity index (χ4n) is 1.81. The number of anilines is 1. The number of rotatable bonds is 7. The molecule has 0 fully saturated rings. The molecule has 1 atom stereocenters. The largest absolute Gasteiger partial charge is 0.462 e. The molecule has 0 amide bonds. The topological polar surface area (TPSA) is 84.9 Å². The molecule has 2 aromatic rings. The predicted molar refractivity (Wildman–Crippen MR) is 87.8 cm³/mol. The Labute approximate surface area is 134 Å². The number of hydrogen-bond acceptors (Lipinski definition) is 5. The van der Waals surface area contributed by atoms with Crippen molar-refractivity contribution in [3.8, 4) is 5.75 Å². The first-order valence-corrected chi connectivity index (χ1v) is 8.84. The van der Waals surface area contributed by atoms with Crippen LogP contribution < -0.4 is 9.84 Å². The summed E-state index contributed by atoms with van der Waals surface area (Å²) in [5, 5.41) is 2.81. The Morgan fingerprint density at radius 2 is 1.78 bits per heavy atom. The standard InChI is InChI=1S/C16H18NO5P/c1-2-21-16(18)13-8-10-14(11-9-13)17-12-23(19,20)22-15-6-4-3-5-7-15/h3-11,17H,2,12H2,1H3,(H,19,20). The molecule has 0 bridgehead atoms. The second-order valence-electron chi connectivity index (χ2n) is 4.67. The summed E-state index contributed by atoms with van der Waals surface area (Å²) in [6, 6.07) is 14.9. The van der Waals surface area contributed by atoms with Crippen LogP contribution in [0.1, 0.15) is 17.3 Å². The molecule has 6 nitrogen and oxygen atoms in total. The number of benzene rings is 2. The number of carbonyl (C=O) groups is 1. The summed E-state index contributed by atoms with van der Waals surface area (Å²) in [4.78, 5) is 21.4.